The van der Waals surface area contributed by atoms with Crippen LogP contribution in [0.5, 0.6) is 0 Å². The Balaban J connectivity index is 1.60. The lowest BCUT2D eigenvalue weighted by Crippen LogP contribution is -2.36. The molecule has 0 saturated carbocycles. The first-order valence-electron chi connectivity index (χ1n) is 7.62. The number of aromatic nitrogens is 2. The molecule has 1 atom stereocenters. The van der Waals surface area contributed by atoms with E-state index in [-0.39, 0.29) is 5.91 Å². The SMILES string of the molecule is CC1CCCCN1Cc1cnc(NC(=O)c2cccnc2)s1. The molecular formula is C16H20N4OS. The number of nitrogens with one attached hydrogen (secondary N) is 1. The predicted octanol–water partition coefficient (Wildman–Crippen LogP) is 3.16. The van der Waals surface area contributed by atoms with Gasteiger partial charge in [0.25, 0.3) is 5.91 Å². The second-order valence-electron chi connectivity index (χ2n) is 5.64. The summed E-state index contributed by atoms with van der Waals surface area (Å²) in [5.41, 5.74) is 0.545. The lowest BCUT2D eigenvalue weighted by Gasteiger charge is -2.32. The van der Waals surface area contributed by atoms with Crippen LogP contribution in [0.15, 0.2) is 30.7 Å². The van der Waals surface area contributed by atoms with E-state index in [2.05, 4.69) is 27.1 Å². The van der Waals surface area contributed by atoms with Gasteiger partial charge < -0.3 is 0 Å². The predicted molar refractivity (Wildman–Crippen MR) is 88.0 cm³/mol. The van der Waals surface area contributed by atoms with Gasteiger partial charge in [-0.1, -0.05) is 6.42 Å². The summed E-state index contributed by atoms with van der Waals surface area (Å²) in [6.45, 7) is 4.35. The van der Waals surface area contributed by atoms with E-state index in [0.29, 0.717) is 16.7 Å². The van der Waals surface area contributed by atoms with Crippen molar-refractivity contribution < 1.29 is 4.79 Å². The molecule has 1 aliphatic rings. The highest BCUT2D eigenvalue weighted by atomic mass is 32.1. The number of rotatable bonds is 4. The van der Waals surface area contributed by atoms with E-state index in [4.69, 9.17) is 0 Å². The average Bonchev–Trinajstić information content (AvgIpc) is 2.97. The number of carbonyl (C=O) groups excluding carboxylic acids is 1. The Kier molecular flexibility index (Phi) is 4.80. The molecule has 1 saturated heterocycles. The number of carbonyl (C=O) groups is 1. The highest BCUT2D eigenvalue weighted by Crippen LogP contribution is 2.24. The molecule has 1 N–H and O–H groups in total. The fraction of sp³-hybridized carbons (Fsp3) is 0.438. The summed E-state index contributed by atoms with van der Waals surface area (Å²) in [7, 11) is 0. The largest absolute Gasteiger partial charge is 0.298 e. The summed E-state index contributed by atoms with van der Waals surface area (Å²) < 4.78 is 0. The van der Waals surface area contributed by atoms with Crippen molar-refractivity contribution in [1.82, 2.24) is 14.9 Å². The van der Waals surface area contributed by atoms with Crippen molar-refractivity contribution in [1.29, 1.82) is 0 Å². The summed E-state index contributed by atoms with van der Waals surface area (Å²) in [5.74, 6) is -0.166. The van der Waals surface area contributed by atoms with Crippen LogP contribution in [-0.2, 0) is 6.54 Å². The molecular weight excluding hydrogens is 296 g/mol. The maximum atomic E-state index is 12.1. The van der Waals surface area contributed by atoms with Gasteiger partial charge in [0.05, 0.1) is 5.56 Å². The molecule has 0 spiro atoms. The van der Waals surface area contributed by atoms with Gasteiger partial charge in [-0.15, -0.1) is 11.3 Å². The zero-order chi connectivity index (χ0) is 15.4. The minimum atomic E-state index is -0.166. The molecule has 1 amide bonds. The van der Waals surface area contributed by atoms with Gasteiger partial charge in [0.1, 0.15) is 0 Å². The molecule has 3 heterocycles. The summed E-state index contributed by atoms with van der Waals surface area (Å²) in [6.07, 6.45) is 8.94. The second kappa shape index (κ2) is 6.98. The summed E-state index contributed by atoms with van der Waals surface area (Å²) >= 11 is 1.55. The second-order valence-corrected chi connectivity index (χ2v) is 6.76. The number of anilines is 1. The van der Waals surface area contributed by atoms with E-state index in [1.54, 1.807) is 35.9 Å². The van der Waals surface area contributed by atoms with Crippen molar-refractivity contribution in [2.45, 2.75) is 38.8 Å². The van der Waals surface area contributed by atoms with Gasteiger partial charge in [-0.2, -0.15) is 0 Å². The Hall–Kier alpha value is -1.79. The monoisotopic (exact) mass is 316 g/mol. The normalized spacial score (nSPS) is 19.0. The lowest BCUT2D eigenvalue weighted by molar-refractivity contribution is 0.102. The molecule has 0 bridgehead atoms. The standard InChI is InChI=1S/C16H20N4OS/c1-12-5-2-3-8-20(12)11-14-10-18-16(22-14)19-15(21)13-6-4-7-17-9-13/h4,6-7,9-10,12H,2-3,5,8,11H2,1H3,(H,18,19,21). The maximum Gasteiger partial charge on any atom is 0.259 e. The van der Waals surface area contributed by atoms with Gasteiger partial charge in [0, 0.05) is 36.1 Å². The van der Waals surface area contributed by atoms with Crippen LogP contribution in [0.3, 0.4) is 0 Å². The first-order chi connectivity index (χ1) is 10.7. The molecule has 3 rings (SSSR count). The first kappa shape index (κ1) is 15.1. The average molecular weight is 316 g/mol. The summed E-state index contributed by atoms with van der Waals surface area (Å²) in [5, 5.41) is 3.48. The number of piperidine rings is 1. The van der Waals surface area contributed by atoms with Crippen molar-refractivity contribution in [2.24, 2.45) is 0 Å². The molecule has 22 heavy (non-hydrogen) atoms. The molecule has 2 aromatic rings. The Morgan fingerprint density at radius 3 is 3.14 bits per heavy atom. The number of thiazole rings is 1. The molecule has 0 aliphatic carbocycles. The minimum Gasteiger partial charge on any atom is -0.298 e. The van der Waals surface area contributed by atoms with Gasteiger partial charge in [-0.05, 0) is 38.4 Å². The molecule has 1 aliphatic heterocycles. The Morgan fingerprint density at radius 1 is 1.45 bits per heavy atom. The highest BCUT2D eigenvalue weighted by molar-refractivity contribution is 7.15. The number of hydrogen-bond donors (Lipinski definition) is 1. The molecule has 6 heteroatoms. The van der Waals surface area contributed by atoms with Crippen molar-refractivity contribution in [3.63, 3.8) is 0 Å². The van der Waals surface area contributed by atoms with Gasteiger partial charge in [-0.25, -0.2) is 4.98 Å². The lowest BCUT2D eigenvalue weighted by atomic mass is 10.0. The Bertz CT molecular complexity index is 628. The molecule has 0 aromatic carbocycles. The zero-order valence-corrected chi connectivity index (χ0v) is 13.5. The number of amides is 1. The fourth-order valence-electron chi connectivity index (χ4n) is 2.70. The molecule has 0 radical (unpaired) electrons. The number of likely N-dealkylation sites (tertiary alicyclic amines) is 1. The molecule has 5 nitrogen and oxygen atoms in total. The van der Waals surface area contributed by atoms with Crippen LogP contribution in [-0.4, -0.2) is 33.4 Å². The maximum absolute atomic E-state index is 12.1. The van der Waals surface area contributed by atoms with Crippen LogP contribution in [0.1, 0.15) is 41.4 Å². The number of hydrogen-bond acceptors (Lipinski definition) is 5. The van der Waals surface area contributed by atoms with E-state index in [1.165, 1.54) is 24.1 Å². The fourth-order valence-corrected chi connectivity index (χ4v) is 3.53. The van der Waals surface area contributed by atoms with E-state index in [9.17, 15) is 4.79 Å². The Labute approximate surface area is 134 Å². The van der Waals surface area contributed by atoms with Crippen LogP contribution >= 0.6 is 11.3 Å². The van der Waals surface area contributed by atoms with Crippen molar-refractivity contribution >= 4 is 22.4 Å². The summed E-state index contributed by atoms with van der Waals surface area (Å²) in [4.78, 5) is 24.0. The third-order valence-corrected chi connectivity index (χ3v) is 4.89. The number of pyridine rings is 1. The third kappa shape index (κ3) is 3.69. The van der Waals surface area contributed by atoms with Crippen molar-refractivity contribution in [3.8, 4) is 0 Å². The summed E-state index contributed by atoms with van der Waals surface area (Å²) in [6, 6.07) is 4.12. The minimum absolute atomic E-state index is 0.166. The van der Waals surface area contributed by atoms with E-state index >= 15 is 0 Å². The van der Waals surface area contributed by atoms with Crippen molar-refractivity contribution in [3.05, 3.63) is 41.2 Å². The van der Waals surface area contributed by atoms with Gasteiger partial charge in [0.2, 0.25) is 0 Å². The highest BCUT2D eigenvalue weighted by Gasteiger charge is 2.19. The van der Waals surface area contributed by atoms with Crippen LogP contribution in [0.4, 0.5) is 5.13 Å². The van der Waals surface area contributed by atoms with Gasteiger partial charge in [0.15, 0.2) is 5.13 Å². The molecule has 2 aromatic heterocycles. The van der Waals surface area contributed by atoms with Gasteiger partial charge in [-0.3, -0.25) is 20.0 Å². The third-order valence-electron chi connectivity index (χ3n) is 4.00. The van der Waals surface area contributed by atoms with E-state index in [1.807, 2.05) is 6.20 Å². The van der Waals surface area contributed by atoms with Crippen LogP contribution < -0.4 is 5.32 Å². The quantitative estimate of drug-likeness (QED) is 0.941. The van der Waals surface area contributed by atoms with Gasteiger partial charge >= 0.3 is 0 Å². The molecule has 1 unspecified atom stereocenters. The molecule has 1 fully saturated rings. The van der Waals surface area contributed by atoms with E-state index < -0.39 is 0 Å². The van der Waals surface area contributed by atoms with Crippen LogP contribution in [0, 0.1) is 0 Å². The smallest absolute Gasteiger partial charge is 0.259 e. The topological polar surface area (TPSA) is 58.1 Å². The Morgan fingerprint density at radius 2 is 2.36 bits per heavy atom. The first-order valence-corrected chi connectivity index (χ1v) is 8.44. The van der Waals surface area contributed by atoms with Crippen LogP contribution in [0.2, 0.25) is 0 Å². The zero-order valence-electron chi connectivity index (χ0n) is 12.7. The van der Waals surface area contributed by atoms with Crippen LogP contribution in [0.25, 0.3) is 0 Å². The molecule has 116 valence electrons. The van der Waals surface area contributed by atoms with E-state index in [0.717, 1.165) is 13.1 Å². The van der Waals surface area contributed by atoms with Crippen molar-refractivity contribution in [2.75, 3.05) is 11.9 Å². The number of nitrogens with zero attached hydrogens (tertiary/aromatic N) is 3.